The molecule has 0 radical (unpaired) electrons. The Hall–Kier alpha value is -1.26. The van der Waals surface area contributed by atoms with Crippen LogP contribution in [0.25, 0.3) is 0 Å². The number of rotatable bonds is 41. The van der Waals surface area contributed by atoms with Crippen molar-refractivity contribution in [3.05, 3.63) is 0 Å². The molecule has 0 aliphatic carbocycles. The summed E-state index contributed by atoms with van der Waals surface area (Å²) in [5.74, 6) is -0.0102. The van der Waals surface area contributed by atoms with Crippen molar-refractivity contribution in [2.45, 2.75) is 265 Å². The molecule has 5 heteroatoms. The van der Waals surface area contributed by atoms with E-state index in [1.807, 2.05) is 6.92 Å². The molecule has 0 aromatic rings. The quantitative estimate of drug-likeness (QED) is 0.0618. The maximum Gasteiger partial charge on any atom is 0.407 e. The second-order valence-electron chi connectivity index (χ2n) is 16.1. The highest BCUT2D eigenvalue weighted by Crippen LogP contribution is 2.16. The molecule has 0 aliphatic rings. The van der Waals surface area contributed by atoms with Crippen LogP contribution in [-0.2, 0) is 9.53 Å². The molecular formula is C46H92N2O3. The summed E-state index contributed by atoms with van der Waals surface area (Å²) in [6.07, 6.45) is 47.5. The molecule has 51 heavy (non-hydrogen) atoms. The van der Waals surface area contributed by atoms with Crippen LogP contribution in [0.15, 0.2) is 0 Å². The van der Waals surface area contributed by atoms with Gasteiger partial charge in [-0.2, -0.15) is 0 Å². The normalized spacial score (nSPS) is 12.5. The monoisotopic (exact) mass is 721 g/mol. The molecule has 2 atom stereocenters. The first-order valence-electron chi connectivity index (χ1n) is 23.3. The van der Waals surface area contributed by atoms with Gasteiger partial charge in [-0.25, -0.2) is 4.79 Å². The molecule has 2 amide bonds. The minimum Gasteiger partial charge on any atom is -0.450 e. The fourth-order valence-corrected chi connectivity index (χ4v) is 7.21. The summed E-state index contributed by atoms with van der Waals surface area (Å²) in [6, 6.07) is -0.534. The third-order valence-corrected chi connectivity index (χ3v) is 11.1. The minimum atomic E-state index is -0.534. The standard InChI is InChI=1S/C46H92N2O3/c1-5-8-10-12-14-16-18-20-22-24-25-26-28-30-32-34-36-38-40-42-51-46(50)48-44(43(4)7-3)45(49)47-41-39-37-35-33-31-29-27-23-21-19-17-15-13-11-9-6-2/h43-44H,5-42H2,1-4H3,(H,47,49)(H,48,50)/t43-,44-/m0/s1. The maximum atomic E-state index is 12.9. The van der Waals surface area contributed by atoms with Crippen LogP contribution >= 0.6 is 0 Å². The van der Waals surface area contributed by atoms with Crippen LogP contribution in [0, 0.1) is 5.92 Å². The van der Waals surface area contributed by atoms with Crippen LogP contribution in [0.5, 0.6) is 0 Å². The number of hydrogen-bond donors (Lipinski definition) is 2. The molecular weight excluding hydrogens is 629 g/mol. The zero-order valence-electron chi connectivity index (χ0n) is 35.2. The first-order valence-corrected chi connectivity index (χ1v) is 23.3. The molecule has 0 bridgehead atoms. The predicted molar refractivity (Wildman–Crippen MR) is 224 cm³/mol. The van der Waals surface area contributed by atoms with Gasteiger partial charge in [-0.3, -0.25) is 4.79 Å². The van der Waals surface area contributed by atoms with Crippen molar-refractivity contribution in [3.63, 3.8) is 0 Å². The highest BCUT2D eigenvalue weighted by molar-refractivity contribution is 5.85. The zero-order valence-corrected chi connectivity index (χ0v) is 35.2. The summed E-state index contributed by atoms with van der Waals surface area (Å²) in [5, 5.41) is 5.94. The van der Waals surface area contributed by atoms with Crippen molar-refractivity contribution in [1.29, 1.82) is 0 Å². The van der Waals surface area contributed by atoms with E-state index in [-0.39, 0.29) is 11.8 Å². The molecule has 0 saturated carbocycles. The topological polar surface area (TPSA) is 67.4 Å². The van der Waals surface area contributed by atoms with Crippen molar-refractivity contribution in [3.8, 4) is 0 Å². The number of carbonyl (C=O) groups is 2. The molecule has 2 N–H and O–H groups in total. The Morgan fingerprint density at radius 2 is 0.725 bits per heavy atom. The summed E-state index contributed by atoms with van der Waals surface area (Å²) >= 11 is 0. The number of ether oxygens (including phenoxy) is 1. The average Bonchev–Trinajstić information content (AvgIpc) is 3.13. The highest BCUT2D eigenvalue weighted by atomic mass is 16.5. The third kappa shape index (κ3) is 36.9. The van der Waals surface area contributed by atoms with Gasteiger partial charge in [0.2, 0.25) is 5.91 Å². The lowest BCUT2D eigenvalue weighted by atomic mass is 9.98. The number of carbonyl (C=O) groups excluding carboxylic acids is 2. The smallest absolute Gasteiger partial charge is 0.407 e. The Labute approximate surface area is 320 Å². The fourth-order valence-electron chi connectivity index (χ4n) is 7.21. The zero-order chi connectivity index (χ0) is 37.3. The van der Waals surface area contributed by atoms with E-state index in [0.29, 0.717) is 13.2 Å². The van der Waals surface area contributed by atoms with Crippen LogP contribution in [0.3, 0.4) is 0 Å². The molecule has 5 nitrogen and oxygen atoms in total. The Morgan fingerprint density at radius 3 is 1.04 bits per heavy atom. The second-order valence-corrected chi connectivity index (χ2v) is 16.1. The van der Waals surface area contributed by atoms with E-state index < -0.39 is 12.1 Å². The van der Waals surface area contributed by atoms with Gasteiger partial charge in [0.05, 0.1) is 6.61 Å². The maximum absolute atomic E-state index is 12.9. The van der Waals surface area contributed by atoms with E-state index in [4.69, 9.17) is 4.74 Å². The summed E-state index contributed by atoms with van der Waals surface area (Å²) in [7, 11) is 0. The lowest BCUT2D eigenvalue weighted by Gasteiger charge is -2.23. The van der Waals surface area contributed by atoms with Gasteiger partial charge in [0.25, 0.3) is 0 Å². The minimum absolute atomic E-state index is 0.0678. The molecule has 304 valence electrons. The second kappa shape index (κ2) is 41.5. The highest BCUT2D eigenvalue weighted by Gasteiger charge is 2.26. The Balaban J connectivity index is 3.66. The van der Waals surface area contributed by atoms with E-state index in [2.05, 4.69) is 31.4 Å². The van der Waals surface area contributed by atoms with Gasteiger partial charge in [-0.15, -0.1) is 0 Å². The van der Waals surface area contributed by atoms with Gasteiger partial charge in [0.1, 0.15) is 6.04 Å². The number of nitrogens with one attached hydrogen (secondary N) is 2. The van der Waals surface area contributed by atoms with E-state index in [1.54, 1.807) is 0 Å². The fraction of sp³-hybridized carbons (Fsp3) is 0.957. The molecule has 0 aromatic carbocycles. The van der Waals surface area contributed by atoms with Gasteiger partial charge >= 0.3 is 6.09 Å². The van der Waals surface area contributed by atoms with Crippen LogP contribution in [-0.4, -0.2) is 31.2 Å². The van der Waals surface area contributed by atoms with Gasteiger partial charge in [0.15, 0.2) is 0 Å². The number of hydrogen-bond acceptors (Lipinski definition) is 3. The summed E-state index contributed by atoms with van der Waals surface area (Å²) in [6.45, 7) is 9.77. The molecule has 0 spiro atoms. The van der Waals surface area contributed by atoms with Crippen LogP contribution in [0.4, 0.5) is 4.79 Å². The van der Waals surface area contributed by atoms with E-state index in [9.17, 15) is 9.59 Å². The van der Waals surface area contributed by atoms with Crippen LogP contribution in [0.1, 0.15) is 259 Å². The van der Waals surface area contributed by atoms with E-state index >= 15 is 0 Å². The number of amides is 2. The summed E-state index contributed by atoms with van der Waals surface area (Å²) in [4.78, 5) is 25.4. The average molecular weight is 721 g/mol. The molecule has 0 unspecified atom stereocenters. The first-order chi connectivity index (χ1) is 25.1. The lowest BCUT2D eigenvalue weighted by molar-refractivity contribution is -0.124. The Kier molecular flexibility index (Phi) is 40.5. The first kappa shape index (κ1) is 49.7. The molecule has 0 aliphatic heterocycles. The molecule has 0 rings (SSSR count). The summed E-state index contributed by atoms with van der Waals surface area (Å²) in [5.41, 5.74) is 0. The third-order valence-electron chi connectivity index (χ3n) is 11.1. The van der Waals surface area contributed by atoms with Crippen molar-refractivity contribution < 1.29 is 14.3 Å². The van der Waals surface area contributed by atoms with E-state index in [1.165, 1.54) is 199 Å². The van der Waals surface area contributed by atoms with Gasteiger partial charge < -0.3 is 15.4 Å². The molecule has 0 saturated heterocycles. The Morgan fingerprint density at radius 1 is 0.431 bits per heavy atom. The SMILES string of the molecule is CCCCCCCCCCCCCCCCCCCCCOC(=O)N[C@H](C(=O)NCCCCCCCCCCCCCCCCCC)[C@@H](C)CC. The molecule has 0 aromatic heterocycles. The number of alkyl carbamates (subject to hydrolysis) is 1. The number of unbranched alkanes of at least 4 members (excludes halogenated alkanes) is 33. The summed E-state index contributed by atoms with van der Waals surface area (Å²) < 4.78 is 5.46. The van der Waals surface area contributed by atoms with Crippen molar-refractivity contribution in [2.75, 3.05) is 13.2 Å². The molecule has 0 heterocycles. The van der Waals surface area contributed by atoms with Crippen molar-refractivity contribution in [1.82, 2.24) is 10.6 Å². The Bertz CT molecular complexity index is 715. The van der Waals surface area contributed by atoms with Gasteiger partial charge in [0, 0.05) is 6.54 Å². The van der Waals surface area contributed by atoms with Crippen LogP contribution < -0.4 is 10.6 Å². The largest absolute Gasteiger partial charge is 0.450 e. The predicted octanol–water partition coefficient (Wildman–Crippen LogP) is 14.9. The lowest BCUT2D eigenvalue weighted by Crippen LogP contribution is -2.50. The van der Waals surface area contributed by atoms with Gasteiger partial charge in [-0.1, -0.05) is 246 Å². The van der Waals surface area contributed by atoms with Crippen molar-refractivity contribution >= 4 is 12.0 Å². The van der Waals surface area contributed by atoms with Crippen molar-refractivity contribution in [2.24, 2.45) is 5.92 Å². The van der Waals surface area contributed by atoms with Gasteiger partial charge in [-0.05, 0) is 18.8 Å². The van der Waals surface area contributed by atoms with Crippen LogP contribution in [0.2, 0.25) is 0 Å². The molecule has 0 fully saturated rings. The van der Waals surface area contributed by atoms with E-state index in [0.717, 1.165) is 32.1 Å².